The normalized spacial score (nSPS) is 11.4. The number of H-pyrrole nitrogens is 1. The van der Waals surface area contributed by atoms with Crippen LogP contribution in [-0.2, 0) is 6.54 Å². The van der Waals surface area contributed by atoms with Crippen molar-refractivity contribution >= 4 is 23.4 Å². The summed E-state index contributed by atoms with van der Waals surface area (Å²) in [7, 11) is 0. The first kappa shape index (κ1) is 19.1. The molecule has 0 saturated carbocycles. The quantitative estimate of drug-likeness (QED) is 0.347. The first-order chi connectivity index (χ1) is 11.8. The number of rotatable bonds is 13. The van der Waals surface area contributed by atoms with Crippen molar-refractivity contribution < 1.29 is 0 Å². The number of unbranched alkanes of at least 4 members (excludes halogenated alkanes) is 11. The van der Waals surface area contributed by atoms with Crippen LogP contribution in [0.1, 0.15) is 84.0 Å². The molecule has 2 heterocycles. The van der Waals surface area contributed by atoms with E-state index < -0.39 is 0 Å². The van der Waals surface area contributed by atoms with E-state index in [-0.39, 0.29) is 0 Å². The van der Waals surface area contributed by atoms with Crippen LogP contribution in [-0.4, -0.2) is 19.5 Å². The molecule has 0 atom stereocenters. The van der Waals surface area contributed by atoms with Crippen LogP contribution in [0.2, 0.25) is 0 Å². The highest BCUT2D eigenvalue weighted by atomic mass is 32.1. The standard InChI is InChI=1S/C19H32N4S/c1-2-3-4-5-6-7-8-9-10-11-12-13-14-23-16-22-17-18(23)20-15-21-19(17)24/h15-16H,2-14H2,1H3,(H,20,21,24). The topological polar surface area (TPSA) is 46.5 Å². The summed E-state index contributed by atoms with van der Waals surface area (Å²) < 4.78 is 2.74. The Bertz CT molecular complexity index is 632. The molecular weight excluding hydrogens is 316 g/mol. The van der Waals surface area contributed by atoms with Crippen LogP contribution < -0.4 is 0 Å². The number of fused-ring (bicyclic) bond motifs is 1. The Morgan fingerprint density at radius 2 is 1.46 bits per heavy atom. The van der Waals surface area contributed by atoms with Crippen LogP contribution in [0.25, 0.3) is 11.2 Å². The molecule has 4 nitrogen and oxygen atoms in total. The van der Waals surface area contributed by atoms with Gasteiger partial charge in [0.15, 0.2) is 4.64 Å². The Balaban J connectivity index is 1.49. The van der Waals surface area contributed by atoms with Crippen LogP contribution in [0.5, 0.6) is 0 Å². The van der Waals surface area contributed by atoms with Crippen molar-refractivity contribution in [3.8, 4) is 0 Å². The van der Waals surface area contributed by atoms with Gasteiger partial charge >= 0.3 is 0 Å². The van der Waals surface area contributed by atoms with E-state index in [1.165, 1.54) is 77.0 Å². The molecule has 0 amide bonds. The molecule has 0 aliphatic carbocycles. The van der Waals surface area contributed by atoms with Gasteiger partial charge in [-0.25, -0.2) is 9.97 Å². The number of aryl methyl sites for hydroxylation is 1. The number of nitrogens with zero attached hydrogens (tertiary/aromatic N) is 3. The summed E-state index contributed by atoms with van der Waals surface area (Å²) in [5.74, 6) is 0. The van der Waals surface area contributed by atoms with Gasteiger partial charge in [-0.2, -0.15) is 0 Å². The number of nitrogens with one attached hydrogen (secondary N) is 1. The lowest BCUT2D eigenvalue weighted by molar-refractivity contribution is 0.530. The molecule has 134 valence electrons. The van der Waals surface area contributed by atoms with E-state index in [0.29, 0.717) is 4.64 Å². The molecule has 0 radical (unpaired) electrons. The first-order valence-corrected chi connectivity index (χ1v) is 10.1. The van der Waals surface area contributed by atoms with E-state index in [2.05, 4.69) is 26.4 Å². The first-order valence-electron chi connectivity index (χ1n) is 9.71. The Labute approximate surface area is 151 Å². The number of aromatic nitrogens is 4. The van der Waals surface area contributed by atoms with E-state index in [9.17, 15) is 0 Å². The molecule has 1 N–H and O–H groups in total. The van der Waals surface area contributed by atoms with Gasteiger partial charge in [-0.3, -0.25) is 0 Å². The second-order valence-electron chi connectivity index (χ2n) is 6.73. The molecule has 5 heteroatoms. The zero-order valence-electron chi connectivity index (χ0n) is 15.1. The molecule has 2 aromatic heterocycles. The predicted molar refractivity (Wildman–Crippen MR) is 104 cm³/mol. The second-order valence-corrected chi connectivity index (χ2v) is 7.12. The van der Waals surface area contributed by atoms with Crippen LogP contribution in [0, 0.1) is 4.64 Å². The average molecular weight is 349 g/mol. The van der Waals surface area contributed by atoms with Crippen molar-refractivity contribution in [1.29, 1.82) is 0 Å². The zero-order valence-corrected chi connectivity index (χ0v) is 15.9. The highest BCUT2D eigenvalue weighted by Gasteiger charge is 2.04. The van der Waals surface area contributed by atoms with E-state index in [0.717, 1.165) is 17.7 Å². The van der Waals surface area contributed by atoms with Crippen LogP contribution in [0.15, 0.2) is 12.7 Å². The minimum Gasteiger partial charge on any atom is -0.331 e. The highest BCUT2D eigenvalue weighted by Crippen LogP contribution is 2.14. The fourth-order valence-corrected chi connectivity index (χ4v) is 3.40. The summed E-state index contributed by atoms with van der Waals surface area (Å²) in [5, 5.41) is 0. The molecule has 0 saturated heterocycles. The maximum Gasteiger partial charge on any atom is 0.157 e. The van der Waals surface area contributed by atoms with Crippen molar-refractivity contribution in [1.82, 2.24) is 19.5 Å². The lowest BCUT2D eigenvalue weighted by atomic mass is 10.1. The van der Waals surface area contributed by atoms with Gasteiger partial charge in [0, 0.05) is 6.54 Å². The third-order valence-corrected chi connectivity index (χ3v) is 4.97. The van der Waals surface area contributed by atoms with Crippen molar-refractivity contribution in [3.05, 3.63) is 17.3 Å². The summed E-state index contributed by atoms with van der Waals surface area (Å²) in [4.78, 5) is 11.6. The molecule has 0 fully saturated rings. The van der Waals surface area contributed by atoms with Crippen LogP contribution in [0.4, 0.5) is 0 Å². The van der Waals surface area contributed by atoms with Crippen molar-refractivity contribution in [2.24, 2.45) is 0 Å². The smallest absolute Gasteiger partial charge is 0.157 e. The third kappa shape index (κ3) is 6.34. The minimum atomic E-state index is 0.581. The molecule has 0 aliphatic heterocycles. The third-order valence-electron chi connectivity index (χ3n) is 4.68. The highest BCUT2D eigenvalue weighted by molar-refractivity contribution is 7.71. The van der Waals surface area contributed by atoms with Gasteiger partial charge in [-0.05, 0) is 6.42 Å². The van der Waals surface area contributed by atoms with Gasteiger partial charge < -0.3 is 9.55 Å². The molecule has 0 unspecified atom stereocenters. The molecule has 2 aromatic rings. The number of imidazole rings is 1. The van der Waals surface area contributed by atoms with Gasteiger partial charge in [0.05, 0.1) is 12.7 Å². The van der Waals surface area contributed by atoms with Crippen LogP contribution in [0.3, 0.4) is 0 Å². The Morgan fingerprint density at radius 1 is 0.875 bits per heavy atom. The molecule has 0 aromatic carbocycles. The summed E-state index contributed by atoms with van der Waals surface area (Å²) in [6.45, 7) is 3.28. The van der Waals surface area contributed by atoms with E-state index in [4.69, 9.17) is 12.2 Å². The largest absolute Gasteiger partial charge is 0.331 e. The fourth-order valence-electron chi connectivity index (χ4n) is 3.20. The minimum absolute atomic E-state index is 0.581. The van der Waals surface area contributed by atoms with Gasteiger partial charge in [-0.15, -0.1) is 0 Å². The fraction of sp³-hybridized carbons (Fsp3) is 0.737. The molecule has 24 heavy (non-hydrogen) atoms. The van der Waals surface area contributed by atoms with Crippen molar-refractivity contribution in [3.63, 3.8) is 0 Å². The monoisotopic (exact) mass is 348 g/mol. The lowest BCUT2D eigenvalue weighted by Gasteiger charge is -2.05. The van der Waals surface area contributed by atoms with Crippen LogP contribution >= 0.6 is 12.2 Å². The maximum atomic E-state index is 5.19. The SMILES string of the molecule is CCCCCCCCCCCCCCn1cnc2c(=S)nc[nH]c21. The molecular formula is C19H32N4S. The molecule has 0 bridgehead atoms. The summed E-state index contributed by atoms with van der Waals surface area (Å²) >= 11 is 5.19. The molecule has 0 spiro atoms. The Kier molecular flexibility index (Phi) is 9.03. The average Bonchev–Trinajstić information content (AvgIpc) is 3.00. The number of aromatic amines is 1. The lowest BCUT2D eigenvalue weighted by Crippen LogP contribution is -1.98. The number of hydrogen-bond acceptors (Lipinski definition) is 3. The van der Waals surface area contributed by atoms with E-state index in [1.807, 2.05) is 6.33 Å². The van der Waals surface area contributed by atoms with Gasteiger partial charge in [0.1, 0.15) is 11.2 Å². The van der Waals surface area contributed by atoms with Gasteiger partial charge in [-0.1, -0.05) is 89.8 Å². The summed E-state index contributed by atoms with van der Waals surface area (Å²) in [6, 6.07) is 0. The zero-order chi connectivity index (χ0) is 17.0. The van der Waals surface area contributed by atoms with Crippen molar-refractivity contribution in [2.75, 3.05) is 0 Å². The Morgan fingerprint density at radius 3 is 2.08 bits per heavy atom. The molecule has 0 aliphatic rings. The summed E-state index contributed by atoms with van der Waals surface area (Å²) in [6.07, 6.45) is 20.1. The van der Waals surface area contributed by atoms with E-state index >= 15 is 0 Å². The number of hydrogen-bond donors (Lipinski definition) is 1. The van der Waals surface area contributed by atoms with Gasteiger partial charge in [0.25, 0.3) is 0 Å². The van der Waals surface area contributed by atoms with Crippen molar-refractivity contribution in [2.45, 2.75) is 90.5 Å². The van der Waals surface area contributed by atoms with Gasteiger partial charge in [0.2, 0.25) is 0 Å². The predicted octanol–water partition coefficient (Wildman–Crippen LogP) is 6.19. The summed E-state index contributed by atoms with van der Waals surface area (Å²) in [5.41, 5.74) is 1.81. The Hall–Kier alpha value is -1.23. The maximum absolute atomic E-state index is 5.19. The molecule has 2 rings (SSSR count). The second kappa shape index (κ2) is 11.3. The van der Waals surface area contributed by atoms with E-state index in [1.54, 1.807) is 6.33 Å².